The Morgan fingerprint density at radius 3 is 2.70 bits per heavy atom. The summed E-state index contributed by atoms with van der Waals surface area (Å²) < 4.78 is 5.24. The predicted molar refractivity (Wildman–Crippen MR) is 152 cm³/mol. The minimum atomic E-state index is -0.601. The minimum absolute atomic E-state index is 0.147. The number of esters is 1. The van der Waals surface area contributed by atoms with Gasteiger partial charge in [0.05, 0.1) is 34.2 Å². The highest BCUT2D eigenvalue weighted by molar-refractivity contribution is 7.10. The van der Waals surface area contributed by atoms with Gasteiger partial charge in [0.25, 0.3) is 0 Å². The highest BCUT2D eigenvalue weighted by atomic mass is 32.1. The van der Waals surface area contributed by atoms with E-state index in [2.05, 4.69) is 67.2 Å². The smallest absolute Gasteiger partial charge is 0.340 e. The summed E-state index contributed by atoms with van der Waals surface area (Å²) in [6.45, 7) is 12.4. The topological polar surface area (TPSA) is 74.4 Å². The van der Waals surface area contributed by atoms with Crippen LogP contribution >= 0.6 is 11.3 Å². The Labute approximate surface area is 221 Å². The van der Waals surface area contributed by atoms with Gasteiger partial charge in [-0.25, -0.2) is 4.79 Å². The molecule has 2 atom stereocenters. The lowest BCUT2D eigenvalue weighted by Gasteiger charge is -2.43. The highest BCUT2D eigenvalue weighted by Gasteiger charge is 2.40. The Balaban J connectivity index is 1.79. The van der Waals surface area contributed by atoms with E-state index in [-0.39, 0.29) is 11.9 Å². The van der Waals surface area contributed by atoms with Crippen LogP contribution in [0.5, 0.6) is 0 Å². The zero-order chi connectivity index (χ0) is 26.5. The monoisotopic (exact) mass is 512 g/mol. The Morgan fingerprint density at radius 1 is 1.16 bits per heavy atom. The van der Waals surface area contributed by atoms with E-state index < -0.39 is 11.6 Å². The van der Waals surface area contributed by atoms with Gasteiger partial charge in [0.1, 0.15) is 0 Å². The van der Waals surface area contributed by atoms with E-state index in [0.29, 0.717) is 17.0 Å². The molecule has 4 aromatic rings. The number of anilines is 1. The molecule has 6 heteroatoms. The normalized spacial score (nSPS) is 18.0. The number of thiophene rings is 1. The molecule has 1 aliphatic rings. The standard InChI is InChI=1S/C31H32N2O3S/c1-7-36-30(35)23-13-14-37-25(23)12-11-21-24(22-10-8-9-20-18(3)16-32-28(20)22)15-17(2)27-26(21)19(4)29(34)31(5,6)33-27/h8-10,13-16,19,29,32-34H,7H2,1-6H3/t19-,29+/m0/s1. The number of para-hydroxylation sites is 1. The number of carbonyl (C=O) groups excluding carboxylic acids is 1. The summed E-state index contributed by atoms with van der Waals surface area (Å²) in [5, 5.41) is 17.9. The molecule has 0 radical (unpaired) electrons. The molecule has 0 aliphatic carbocycles. The van der Waals surface area contributed by atoms with E-state index >= 15 is 0 Å². The van der Waals surface area contributed by atoms with Gasteiger partial charge in [0, 0.05) is 39.9 Å². The van der Waals surface area contributed by atoms with Crippen LogP contribution in [0.25, 0.3) is 22.0 Å². The lowest BCUT2D eigenvalue weighted by Crippen LogP contribution is -2.50. The van der Waals surface area contributed by atoms with Crippen LogP contribution in [0.3, 0.4) is 0 Å². The molecule has 2 aromatic heterocycles. The van der Waals surface area contributed by atoms with E-state index in [1.54, 1.807) is 13.0 Å². The third kappa shape index (κ3) is 4.22. The van der Waals surface area contributed by atoms with Gasteiger partial charge in [-0.2, -0.15) is 0 Å². The van der Waals surface area contributed by atoms with Gasteiger partial charge < -0.3 is 20.1 Å². The number of aliphatic hydroxyl groups excluding tert-OH is 1. The van der Waals surface area contributed by atoms with Crippen molar-refractivity contribution in [1.29, 1.82) is 0 Å². The van der Waals surface area contributed by atoms with Crippen LogP contribution < -0.4 is 5.32 Å². The minimum Gasteiger partial charge on any atom is -0.462 e. The van der Waals surface area contributed by atoms with Crippen LogP contribution in [0.1, 0.15) is 71.1 Å². The predicted octanol–water partition coefficient (Wildman–Crippen LogP) is 6.76. The molecule has 0 unspecified atom stereocenters. The van der Waals surface area contributed by atoms with Gasteiger partial charge in [-0.05, 0) is 74.7 Å². The number of aromatic amines is 1. The highest BCUT2D eigenvalue weighted by Crippen LogP contribution is 2.46. The molecular weight excluding hydrogens is 480 g/mol. The molecule has 3 N–H and O–H groups in total. The van der Waals surface area contributed by atoms with Crippen molar-refractivity contribution in [1.82, 2.24) is 4.98 Å². The molecule has 2 aromatic carbocycles. The third-order valence-corrected chi connectivity index (χ3v) is 8.18. The summed E-state index contributed by atoms with van der Waals surface area (Å²) in [6.07, 6.45) is 1.42. The largest absolute Gasteiger partial charge is 0.462 e. The number of rotatable bonds is 3. The first-order chi connectivity index (χ1) is 17.6. The third-order valence-electron chi connectivity index (χ3n) is 7.35. The van der Waals surface area contributed by atoms with Crippen molar-refractivity contribution in [2.75, 3.05) is 11.9 Å². The van der Waals surface area contributed by atoms with Crippen molar-refractivity contribution in [2.45, 2.75) is 59.1 Å². The number of aliphatic hydroxyl groups is 1. The van der Waals surface area contributed by atoms with E-state index in [1.807, 2.05) is 25.4 Å². The average molecular weight is 513 g/mol. The lowest BCUT2D eigenvalue weighted by atomic mass is 9.75. The van der Waals surface area contributed by atoms with E-state index in [1.165, 1.54) is 22.3 Å². The number of nitrogens with one attached hydrogen (secondary N) is 2. The number of aromatic nitrogens is 1. The summed E-state index contributed by atoms with van der Waals surface area (Å²) in [5.41, 5.74) is 8.29. The van der Waals surface area contributed by atoms with Crippen molar-refractivity contribution in [3.8, 4) is 23.0 Å². The molecule has 0 fully saturated rings. The molecule has 3 heterocycles. The van der Waals surface area contributed by atoms with Crippen LogP contribution in [0.2, 0.25) is 0 Å². The summed E-state index contributed by atoms with van der Waals surface area (Å²) in [5.74, 6) is 6.22. The molecule has 0 saturated carbocycles. The van der Waals surface area contributed by atoms with Crippen LogP contribution in [0.4, 0.5) is 5.69 Å². The van der Waals surface area contributed by atoms with Crippen molar-refractivity contribution < 1.29 is 14.6 Å². The molecule has 0 amide bonds. The number of fused-ring (bicyclic) bond motifs is 2. The fraction of sp³-hybridized carbons (Fsp3) is 0.323. The zero-order valence-electron chi connectivity index (χ0n) is 22.1. The maximum atomic E-state index is 12.5. The Hall–Kier alpha value is -3.53. The number of ether oxygens (including phenoxy) is 1. The fourth-order valence-electron chi connectivity index (χ4n) is 5.40. The quantitative estimate of drug-likeness (QED) is 0.209. The molecule has 0 saturated heterocycles. The second kappa shape index (κ2) is 9.41. The number of carbonyl (C=O) groups is 1. The van der Waals surface area contributed by atoms with Crippen molar-refractivity contribution in [3.63, 3.8) is 0 Å². The summed E-state index contributed by atoms with van der Waals surface area (Å²) >= 11 is 1.43. The number of aryl methyl sites for hydroxylation is 2. The number of hydrogen-bond acceptors (Lipinski definition) is 5. The first kappa shape index (κ1) is 25.1. The molecule has 190 valence electrons. The summed E-state index contributed by atoms with van der Waals surface area (Å²) in [4.78, 5) is 16.6. The van der Waals surface area contributed by atoms with Crippen LogP contribution in [0.15, 0.2) is 41.9 Å². The lowest BCUT2D eigenvalue weighted by molar-refractivity contribution is 0.0526. The second-order valence-corrected chi connectivity index (χ2v) is 11.2. The Morgan fingerprint density at radius 2 is 1.95 bits per heavy atom. The van der Waals surface area contributed by atoms with Gasteiger partial charge >= 0.3 is 5.97 Å². The first-order valence-electron chi connectivity index (χ1n) is 12.6. The number of benzene rings is 2. The number of H-pyrrole nitrogens is 1. The molecule has 37 heavy (non-hydrogen) atoms. The van der Waals surface area contributed by atoms with Crippen molar-refractivity contribution in [3.05, 3.63) is 74.6 Å². The maximum Gasteiger partial charge on any atom is 0.340 e. The first-order valence-corrected chi connectivity index (χ1v) is 13.5. The molecule has 0 spiro atoms. The SMILES string of the molecule is CCOC(=O)c1ccsc1C#Cc1c(-c2cccc3c(C)c[nH]c23)cc(C)c2c1[C@H](C)[C@@H](O)C(C)(C)N2. The van der Waals surface area contributed by atoms with E-state index in [0.717, 1.165) is 39.0 Å². The number of hydrogen-bond donors (Lipinski definition) is 3. The Kier molecular flexibility index (Phi) is 6.39. The molecule has 5 nitrogen and oxygen atoms in total. The molecule has 5 rings (SSSR count). The average Bonchev–Trinajstić information content (AvgIpc) is 3.49. The van der Waals surface area contributed by atoms with Crippen LogP contribution in [-0.4, -0.2) is 34.3 Å². The molecule has 1 aliphatic heterocycles. The Bertz CT molecular complexity index is 1580. The van der Waals surface area contributed by atoms with Crippen molar-refractivity contribution >= 4 is 33.9 Å². The van der Waals surface area contributed by atoms with Crippen LogP contribution in [-0.2, 0) is 4.74 Å². The fourth-order valence-corrected chi connectivity index (χ4v) is 6.13. The van der Waals surface area contributed by atoms with Gasteiger partial charge in [0.15, 0.2) is 0 Å². The maximum absolute atomic E-state index is 12.5. The van der Waals surface area contributed by atoms with Gasteiger partial charge in [-0.1, -0.05) is 31.0 Å². The van der Waals surface area contributed by atoms with Gasteiger partial charge in [-0.15, -0.1) is 11.3 Å². The van der Waals surface area contributed by atoms with Crippen LogP contribution in [0, 0.1) is 25.7 Å². The van der Waals surface area contributed by atoms with Crippen molar-refractivity contribution in [2.24, 2.45) is 0 Å². The van der Waals surface area contributed by atoms with Gasteiger partial charge in [-0.3, -0.25) is 0 Å². The molecular formula is C31H32N2O3S. The summed E-state index contributed by atoms with van der Waals surface area (Å²) in [7, 11) is 0. The van der Waals surface area contributed by atoms with E-state index in [9.17, 15) is 9.90 Å². The zero-order valence-corrected chi connectivity index (χ0v) is 22.9. The van der Waals surface area contributed by atoms with Gasteiger partial charge in [0.2, 0.25) is 0 Å². The second-order valence-electron chi connectivity index (χ2n) is 10.3. The van der Waals surface area contributed by atoms with E-state index in [4.69, 9.17) is 4.74 Å². The summed E-state index contributed by atoms with van der Waals surface area (Å²) in [6, 6.07) is 10.2. The molecule has 0 bridgehead atoms.